The first-order valence-electron chi connectivity index (χ1n) is 6.02. The summed E-state index contributed by atoms with van der Waals surface area (Å²) in [6.45, 7) is 0. The lowest BCUT2D eigenvalue weighted by molar-refractivity contribution is 0.103. The van der Waals surface area contributed by atoms with E-state index in [1.54, 1.807) is 23.8 Å². The number of benzene rings is 1. The number of aromatic nitrogens is 2. The molecule has 108 valence electrons. The van der Waals surface area contributed by atoms with Gasteiger partial charge in [-0.15, -0.1) is 11.8 Å². The zero-order valence-electron chi connectivity index (χ0n) is 10.9. The van der Waals surface area contributed by atoms with Crippen LogP contribution in [0.15, 0.2) is 28.7 Å². The minimum absolute atomic E-state index is 0.198. The molecule has 0 unspecified atom stereocenters. The third kappa shape index (κ3) is 2.61. The fourth-order valence-electron chi connectivity index (χ4n) is 2.08. The van der Waals surface area contributed by atoms with E-state index in [2.05, 4.69) is 4.98 Å². The first-order chi connectivity index (χ1) is 9.97. The number of thioether (sulfide) groups is 1. The van der Waals surface area contributed by atoms with Gasteiger partial charge in [0.15, 0.2) is 10.9 Å². The number of nitrogens with zero attached hydrogens (tertiary/aromatic N) is 2. The maximum atomic E-state index is 13.3. The maximum absolute atomic E-state index is 13.3. The molecule has 0 aliphatic carbocycles. The summed E-state index contributed by atoms with van der Waals surface area (Å²) in [7, 11) is 1.71. The number of carbonyl (C=O) groups is 1. The first-order valence-corrected chi connectivity index (χ1v) is 7.77. The molecule has 7 heteroatoms. The molecule has 0 atom stereocenters. The molecule has 0 amide bonds. The summed E-state index contributed by atoms with van der Waals surface area (Å²) in [6, 6.07) is 4.24. The second-order valence-electron chi connectivity index (χ2n) is 4.54. The van der Waals surface area contributed by atoms with Crippen molar-refractivity contribution in [1.82, 2.24) is 9.55 Å². The van der Waals surface area contributed by atoms with Crippen LogP contribution in [0.4, 0.5) is 4.39 Å². The Bertz CT molecular complexity index is 786. The quantitative estimate of drug-likeness (QED) is 0.727. The standard InChI is InChI=1S/C14H9Cl2FN2OS/c1-19-10(13(15)18-14(19)16)4-7-6-21-11-3-2-8(17)5-9(11)12(7)20/h2-5H,6H2,1H3. The van der Waals surface area contributed by atoms with Crippen LogP contribution in [0, 0.1) is 5.82 Å². The van der Waals surface area contributed by atoms with Crippen molar-refractivity contribution in [2.75, 3.05) is 5.75 Å². The van der Waals surface area contributed by atoms with Crippen LogP contribution >= 0.6 is 35.0 Å². The van der Waals surface area contributed by atoms with Crippen LogP contribution in [0.3, 0.4) is 0 Å². The molecular formula is C14H9Cl2FN2OS. The van der Waals surface area contributed by atoms with Gasteiger partial charge >= 0.3 is 0 Å². The highest BCUT2D eigenvalue weighted by Crippen LogP contribution is 2.34. The van der Waals surface area contributed by atoms with Gasteiger partial charge in [-0.1, -0.05) is 11.6 Å². The molecule has 1 aromatic heterocycles. The van der Waals surface area contributed by atoms with E-state index in [-0.39, 0.29) is 16.2 Å². The zero-order chi connectivity index (χ0) is 15.1. The van der Waals surface area contributed by atoms with E-state index in [9.17, 15) is 9.18 Å². The van der Waals surface area contributed by atoms with Crippen molar-refractivity contribution in [3.05, 3.63) is 51.3 Å². The maximum Gasteiger partial charge on any atom is 0.204 e. The van der Waals surface area contributed by atoms with Gasteiger partial charge in [0.25, 0.3) is 0 Å². The summed E-state index contributed by atoms with van der Waals surface area (Å²) in [5.41, 5.74) is 1.48. The van der Waals surface area contributed by atoms with Crippen LogP contribution in [-0.4, -0.2) is 21.1 Å². The van der Waals surface area contributed by atoms with E-state index in [1.807, 2.05) is 0 Å². The van der Waals surface area contributed by atoms with Crippen molar-refractivity contribution in [2.24, 2.45) is 7.05 Å². The van der Waals surface area contributed by atoms with Crippen molar-refractivity contribution < 1.29 is 9.18 Å². The summed E-state index contributed by atoms with van der Waals surface area (Å²) in [5.74, 6) is -0.126. The smallest absolute Gasteiger partial charge is 0.204 e. The molecule has 21 heavy (non-hydrogen) atoms. The number of Topliss-reactive ketones (excluding diaryl/α,β-unsaturated/α-hetero) is 1. The minimum Gasteiger partial charge on any atom is -0.317 e. The number of rotatable bonds is 1. The van der Waals surface area contributed by atoms with Crippen LogP contribution in [0.2, 0.25) is 10.4 Å². The number of imidazole rings is 1. The van der Waals surface area contributed by atoms with Crippen molar-refractivity contribution in [1.29, 1.82) is 0 Å². The van der Waals surface area contributed by atoms with Gasteiger partial charge in [0.1, 0.15) is 5.82 Å². The molecule has 0 saturated carbocycles. The third-order valence-corrected chi connectivity index (χ3v) is 4.95. The second kappa shape index (κ2) is 5.48. The SMILES string of the molecule is Cn1c(Cl)nc(Cl)c1C=C1CSc2ccc(F)cc2C1=O. The van der Waals surface area contributed by atoms with Crippen LogP contribution < -0.4 is 0 Å². The predicted molar refractivity (Wildman–Crippen MR) is 82.7 cm³/mol. The highest BCUT2D eigenvalue weighted by atomic mass is 35.5. The van der Waals surface area contributed by atoms with Gasteiger partial charge in [0, 0.05) is 28.8 Å². The fraction of sp³-hybridized carbons (Fsp3) is 0.143. The molecule has 0 saturated heterocycles. The number of fused-ring (bicyclic) bond motifs is 1. The summed E-state index contributed by atoms with van der Waals surface area (Å²) in [5, 5.41) is 0.479. The van der Waals surface area contributed by atoms with Crippen LogP contribution in [0.5, 0.6) is 0 Å². The molecule has 3 rings (SSSR count). The molecule has 2 heterocycles. The fourth-order valence-corrected chi connectivity index (χ4v) is 3.56. The molecule has 0 radical (unpaired) electrons. The minimum atomic E-state index is -0.425. The average Bonchev–Trinajstić information content (AvgIpc) is 2.68. The number of halogens is 3. The molecular weight excluding hydrogens is 334 g/mol. The monoisotopic (exact) mass is 342 g/mol. The highest BCUT2D eigenvalue weighted by molar-refractivity contribution is 7.99. The lowest BCUT2D eigenvalue weighted by Gasteiger charge is -2.17. The van der Waals surface area contributed by atoms with Crippen LogP contribution in [-0.2, 0) is 7.05 Å². The summed E-state index contributed by atoms with van der Waals surface area (Å²) < 4.78 is 14.9. The third-order valence-electron chi connectivity index (χ3n) is 3.21. The topological polar surface area (TPSA) is 34.9 Å². The van der Waals surface area contributed by atoms with Gasteiger partial charge < -0.3 is 4.57 Å². The van der Waals surface area contributed by atoms with Gasteiger partial charge in [0.2, 0.25) is 5.28 Å². The van der Waals surface area contributed by atoms with Gasteiger partial charge in [-0.05, 0) is 35.9 Å². The molecule has 0 fully saturated rings. The molecule has 1 aliphatic rings. The van der Waals surface area contributed by atoms with Gasteiger partial charge in [-0.2, -0.15) is 0 Å². The Morgan fingerprint density at radius 2 is 2.19 bits per heavy atom. The van der Waals surface area contributed by atoms with Crippen molar-refractivity contribution in [3.8, 4) is 0 Å². The summed E-state index contributed by atoms with van der Waals surface area (Å²) >= 11 is 13.4. The van der Waals surface area contributed by atoms with Crippen molar-refractivity contribution in [2.45, 2.75) is 4.90 Å². The number of ketones is 1. The lowest BCUT2D eigenvalue weighted by atomic mass is 10.0. The van der Waals surface area contributed by atoms with Gasteiger partial charge in [0.05, 0.1) is 5.69 Å². The van der Waals surface area contributed by atoms with Crippen molar-refractivity contribution in [3.63, 3.8) is 0 Å². The second-order valence-corrected chi connectivity index (χ2v) is 6.26. The summed E-state index contributed by atoms with van der Waals surface area (Å²) in [4.78, 5) is 17.2. The Balaban J connectivity index is 2.05. The number of carbonyl (C=O) groups excluding carboxylic acids is 1. The van der Waals surface area contributed by atoms with Crippen LogP contribution in [0.25, 0.3) is 6.08 Å². The molecule has 1 aromatic carbocycles. The molecule has 3 nitrogen and oxygen atoms in total. The van der Waals surface area contributed by atoms with E-state index >= 15 is 0 Å². The molecule has 2 aromatic rings. The van der Waals surface area contributed by atoms with Crippen molar-refractivity contribution >= 4 is 46.8 Å². The van der Waals surface area contributed by atoms with Gasteiger partial charge in [-0.3, -0.25) is 4.79 Å². The Labute approximate surface area is 134 Å². The normalized spacial score (nSPS) is 16.4. The summed E-state index contributed by atoms with van der Waals surface area (Å²) in [6.07, 6.45) is 1.66. The Morgan fingerprint density at radius 3 is 2.86 bits per heavy atom. The first kappa shape index (κ1) is 14.6. The van der Waals surface area contributed by atoms with E-state index in [0.717, 1.165) is 4.90 Å². The van der Waals surface area contributed by atoms with E-state index < -0.39 is 5.82 Å². The predicted octanol–water partition coefficient (Wildman–Crippen LogP) is 4.24. The highest BCUT2D eigenvalue weighted by Gasteiger charge is 2.24. The Hall–Kier alpha value is -1.30. The molecule has 1 aliphatic heterocycles. The number of hydrogen-bond donors (Lipinski definition) is 0. The number of hydrogen-bond acceptors (Lipinski definition) is 3. The van der Waals surface area contributed by atoms with E-state index in [0.29, 0.717) is 22.6 Å². The van der Waals surface area contributed by atoms with E-state index in [4.69, 9.17) is 23.2 Å². The Kier molecular flexibility index (Phi) is 3.82. The average molecular weight is 343 g/mol. The molecule has 0 bridgehead atoms. The molecule has 0 spiro atoms. The molecule has 0 N–H and O–H groups in total. The van der Waals surface area contributed by atoms with E-state index in [1.165, 1.54) is 23.9 Å². The largest absolute Gasteiger partial charge is 0.317 e. The van der Waals surface area contributed by atoms with Crippen LogP contribution in [0.1, 0.15) is 16.1 Å². The van der Waals surface area contributed by atoms with Gasteiger partial charge in [-0.25, -0.2) is 9.37 Å². The Morgan fingerprint density at radius 1 is 1.43 bits per heavy atom. The zero-order valence-corrected chi connectivity index (χ0v) is 13.2. The lowest BCUT2D eigenvalue weighted by Crippen LogP contribution is -2.13.